The van der Waals surface area contributed by atoms with Gasteiger partial charge in [-0.2, -0.15) is 0 Å². The quantitative estimate of drug-likeness (QED) is 0.775. The molecule has 5 nitrogen and oxygen atoms in total. The van der Waals surface area contributed by atoms with Gasteiger partial charge in [0.1, 0.15) is 5.54 Å². The molecule has 0 bridgehead atoms. The van der Waals surface area contributed by atoms with Crippen LogP contribution in [0.15, 0.2) is 0 Å². The molecule has 2 amide bonds. The zero-order valence-corrected chi connectivity index (χ0v) is 10.8. The lowest BCUT2D eigenvalue weighted by Crippen LogP contribution is -2.69. The Kier molecular flexibility index (Phi) is 2.81. The van der Waals surface area contributed by atoms with Crippen molar-refractivity contribution in [2.45, 2.75) is 56.2 Å². The molecule has 0 atom stereocenters. The molecule has 18 heavy (non-hydrogen) atoms. The van der Waals surface area contributed by atoms with Crippen LogP contribution in [0.2, 0.25) is 0 Å². The van der Waals surface area contributed by atoms with Crippen molar-refractivity contribution in [3.8, 4) is 0 Å². The van der Waals surface area contributed by atoms with E-state index in [0.717, 1.165) is 38.5 Å². The average Bonchev–Trinajstić information content (AvgIpc) is 2.73. The molecule has 1 saturated heterocycles. The Bertz CT molecular complexity index is 370. The number of nitrogens with zero attached hydrogens (tertiary/aromatic N) is 1. The van der Waals surface area contributed by atoms with Gasteiger partial charge in [0, 0.05) is 13.2 Å². The molecular weight excluding hydrogens is 232 g/mol. The van der Waals surface area contributed by atoms with E-state index in [4.69, 9.17) is 4.74 Å². The van der Waals surface area contributed by atoms with Crippen LogP contribution in [0.3, 0.4) is 0 Å². The van der Waals surface area contributed by atoms with Crippen LogP contribution in [0, 0.1) is 0 Å². The predicted octanol–water partition coefficient (Wildman–Crippen LogP) is 0.435. The average molecular weight is 252 g/mol. The van der Waals surface area contributed by atoms with Crippen LogP contribution in [0.25, 0.3) is 0 Å². The van der Waals surface area contributed by atoms with E-state index in [1.54, 1.807) is 12.0 Å². The lowest BCUT2D eigenvalue weighted by molar-refractivity contribution is -0.157. The van der Waals surface area contributed by atoms with Gasteiger partial charge in [-0.15, -0.1) is 0 Å². The first-order chi connectivity index (χ1) is 8.64. The molecular formula is C13H20N2O3. The first-order valence-corrected chi connectivity index (χ1v) is 6.79. The van der Waals surface area contributed by atoms with Crippen molar-refractivity contribution < 1.29 is 14.3 Å². The molecule has 1 heterocycles. The summed E-state index contributed by atoms with van der Waals surface area (Å²) >= 11 is 0. The summed E-state index contributed by atoms with van der Waals surface area (Å²) in [5, 5.41) is 2.94. The van der Waals surface area contributed by atoms with Crippen LogP contribution in [0.1, 0.15) is 38.5 Å². The molecule has 0 aromatic rings. The van der Waals surface area contributed by atoms with Crippen molar-refractivity contribution in [2.24, 2.45) is 0 Å². The van der Waals surface area contributed by atoms with Gasteiger partial charge in [-0.1, -0.05) is 12.8 Å². The maximum absolute atomic E-state index is 12.6. The second-order valence-corrected chi connectivity index (χ2v) is 5.75. The van der Waals surface area contributed by atoms with E-state index in [1.165, 1.54) is 0 Å². The molecule has 0 aromatic heterocycles. The van der Waals surface area contributed by atoms with Gasteiger partial charge in [-0.05, 0) is 25.7 Å². The molecule has 2 saturated carbocycles. The Morgan fingerprint density at radius 2 is 1.94 bits per heavy atom. The summed E-state index contributed by atoms with van der Waals surface area (Å²) in [4.78, 5) is 26.2. The zero-order chi connectivity index (χ0) is 12.8. The summed E-state index contributed by atoms with van der Waals surface area (Å²) in [5.74, 6) is 0.136. The van der Waals surface area contributed by atoms with Crippen molar-refractivity contribution in [3.63, 3.8) is 0 Å². The van der Waals surface area contributed by atoms with E-state index in [9.17, 15) is 9.59 Å². The molecule has 5 heteroatoms. The fourth-order valence-electron chi connectivity index (χ4n) is 3.46. The normalized spacial score (nSPS) is 34.6. The van der Waals surface area contributed by atoms with Crippen molar-refractivity contribution in [1.29, 1.82) is 0 Å². The van der Waals surface area contributed by atoms with E-state index in [2.05, 4.69) is 5.32 Å². The highest BCUT2D eigenvalue weighted by molar-refractivity contribution is 5.98. The molecule has 1 aliphatic heterocycles. The third-order valence-electron chi connectivity index (χ3n) is 4.66. The third kappa shape index (κ3) is 1.72. The lowest BCUT2D eigenvalue weighted by atomic mass is 9.84. The number of amides is 2. The summed E-state index contributed by atoms with van der Waals surface area (Å²) in [7, 11) is 1.70. The number of carbonyl (C=O) groups is 2. The standard InChI is InChI=1S/C13H20N2O3/c1-18-10-6-9(7-10)15-8-11(16)14-13(12(15)17)4-2-3-5-13/h9-10H,2-8H2,1H3,(H,14,16). The van der Waals surface area contributed by atoms with E-state index < -0.39 is 5.54 Å². The molecule has 3 aliphatic rings. The van der Waals surface area contributed by atoms with E-state index in [0.29, 0.717) is 0 Å². The Hall–Kier alpha value is -1.10. The van der Waals surface area contributed by atoms with Crippen LogP contribution in [-0.2, 0) is 14.3 Å². The van der Waals surface area contributed by atoms with Gasteiger partial charge in [-0.3, -0.25) is 9.59 Å². The number of ether oxygens (including phenoxy) is 1. The van der Waals surface area contributed by atoms with Crippen LogP contribution < -0.4 is 5.32 Å². The molecule has 3 fully saturated rings. The summed E-state index contributed by atoms with van der Waals surface area (Å²) in [5.41, 5.74) is -0.576. The van der Waals surface area contributed by atoms with Gasteiger partial charge in [0.15, 0.2) is 0 Å². The summed E-state index contributed by atoms with van der Waals surface area (Å²) < 4.78 is 5.25. The first-order valence-electron chi connectivity index (χ1n) is 6.79. The number of hydrogen-bond donors (Lipinski definition) is 1. The van der Waals surface area contributed by atoms with Gasteiger partial charge in [0.25, 0.3) is 0 Å². The molecule has 0 aromatic carbocycles. The Labute approximate surface area is 107 Å². The van der Waals surface area contributed by atoms with Crippen LogP contribution in [0.4, 0.5) is 0 Å². The molecule has 1 N–H and O–H groups in total. The molecule has 0 unspecified atom stereocenters. The first kappa shape index (κ1) is 12.0. The molecule has 3 rings (SSSR count). The monoisotopic (exact) mass is 252 g/mol. The van der Waals surface area contributed by atoms with Gasteiger partial charge in [-0.25, -0.2) is 0 Å². The number of carbonyl (C=O) groups excluding carboxylic acids is 2. The van der Waals surface area contributed by atoms with E-state index >= 15 is 0 Å². The van der Waals surface area contributed by atoms with Gasteiger partial charge < -0.3 is 15.0 Å². The highest BCUT2D eigenvalue weighted by Crippen LogP contribution is 2.37. The highest BCUT2D eigenvalue weighted by Gasteiger charge is 2.51. The van der Waals surface area contributed by atoms with Crippen molar-refractivity contribution >= 4 is 11.8 Å². The van der Waals surface area contributed by atoms with E-state index in [-0.39, 0.29) is 30.5 Å². The van der Waals surface area contributed by atoms with Crippen molar-refractivity contribution in [2.75, 3.05) is 13.7 Å². The summed E-state index contributed by atoms with van der Waals surface area (Å²) in [6, 6.07) is 0.200. The number of piperazine rings is 1. The summed E-state index contributed by atoms with van der Waals surface area (Å²) in [6.45, 7) is 0.224. The van der Waals surface area contributed by atoms with Crippen LogP contribution in [-0.4, -0.2) is 48.1 Å². The molecule has 1 spiro atoms. The van der Waals surface area contributed by atoms with Crippen molar-refractivity contribution in [3.05, 3.63) is 0 Å². The van der Waals surface area contributed by atoms with Crippen LogP contribution in [0.5, 0.6) is 0 Å². The zero-order valence-electron chi connectivity index (χ0n) is 10.8. The highest BCUT2D eigenvalue weighted by atomic mass is 16.5. The second kappa shape index (κ2) is 4.23. The Morgan fingerprint density at radius 3 is 2.56 bits per heavy atom. The number of rotatable bonds is 2. The topological polar surface area (TPSA) is 58.6 Å². The minimum atomic E-state index is -0.576. The smallest absolute Gasteiger partial charge is 0.249 e. The van der Waals surface area contributed by atoms with Gasteiger partial charge in [0.2, 0.25) is 11.8 Å². The van der Waals surface area contributed by atoms with E-state index in [1.807, 2.05) is 0 Å². The fourth-order valence-corrected chi connectivity index (χ4v) is 3.46. The summed E-state index contributed by atoms with van der Waals surface area (Å²) in [6.07, 6.45) is 5.66. The number of hydrogen-bond acceptors (Lipinski definition) is 3. The predicted molar refractivity (Wildman–Crippen MR) is 64.9 cm³/mol. The van der Waals surface area contributed by atoms with Crippen LogP contribution >= 0.6 is 0 Å². The van der Waals surface area contributed by atoms with Gasteiger partial charge in [0.05, 0.1) is 12.6 Å². The second-order valence-electron chi connectivity index (χ2n) is 5.75. The SMILES string of the molecule is COC1CC(N2CC(=O)NC3(CCCC3)C2=O)C1. The minimum absolute atomic E-state index is 0.00244. The minimum Gasteiger partial charge on any atom is -0.381 e. The molecule has 100 valence electrons. The van der Waals surface area contributed by atoms with Gasteiger partial charge >= 0.3 is 0 Å². The maximum atomic E-state index is 12.6. The Balaban J connectivity index is 1.74. The number of methoxy groups -OCH3 is 1. The molecule has 2 aliphatic carbocycles. The Morgan fingerprint density at radius 1 is 1.28 bits per heavy atom. The fraction of sp³-hybridized carbons (Fsp3) is 0.846. The lowest BCUT2D eigenvalue weighted by Gasteiger charge is -2.48. The molecule has 0 radical (unpaired) electrons. The maximum Gasteiger partial charge on any atom is 0.249 e. The third-order valence-corrected chi connectivity index (χ3v) is 4.66. The number of nitrogens with one attached hydrogen (secondary N) is 1. The largest absolute Gasteiger partial charge is 0.381 e. The van der Waals surface area contributed by atoms with Crippen molar-refractivity contribution in [1.82, 2.24) is 10.2 Å².